The second-order valence-electron chi connectivity index (χ2n) is 6.02. The van der Waals surface area contributed by atoms with Crippen LogP contribution in [0.2, 0.25) is 0 Å². The van der Waals surface area contributed by atoms with Crippen LogP contribution in [0, 0.1) is 16.0 Å². The molecule has 27 heavy (non-hydrogen) atoms. The van der Waals surface area contributed by atoms with Gasteiger partial charge >= 0.3 is 0 Å². The third-order valence-corrected chi connectivity index (χ3v) is 4.00. The van der Waals surface area contributed by atoms with Crippen molar-refractivity contribution in [2.24, 2.45) is 5.92 Å². The van der Waals surface area contributed by atoms with Gasteiger partial charge < -0.3 is 5.32 Å². The molecular formula is C18H16N4O5. The van der Waals surface area contributed by atoms with Crippen molar-refractivity contribution in [3.05, 3.63) is 69.8 Å². The lowest BCUT2D eigenvalue weighted by molar-refractivity contribution is -0.385. The molecule has 9 nitrogen and oxygen atoms in total. The molecule has 0 unspecified atom stereocenters. The second kappa shape index (κ2) is 7.65. The van der Waals surface area contributed by atoms with Gasteiger partial charge in [0.1, 0.15) is 5.56 Å². The predicted octanol–water partition coefficient (Wildman–Crippen LogP) is 2.02. The van der Waals surface area contributed by atoms with E-state index in [1.165, 1.54) is 36.4 Å². The molecule has 0 radical (unpaired) electrons. The summed E-state index contributed by atoms with van der Waals surface area (Å²) in [7, 11) is 0. The number of nitro benzene ring substituents is 1. The van der Waals surface area contributed by atoms with E-state index >= 15 is 0 Å². The van der Waals surface area contributed by atoms with Gasteiger partial charge in [0.05, 0.1) is 4.92 Å². The summed E-state index contributed by atoms with van der Waals surface area (Å²) in [5, 5.41) is 13.7. The summed E-state index contributed by atoms with van der Waals surface area (Å²) >= 11 is 0. The SMILES string of the molecule is O=C(NNC(=O)c1ccccc1[N+](=O)[O-])c1ccc(NC(=O)C2CC2)cc1. The van der Waals surface area contributed by atoms with Crippen LogP contribution < -0.4 is 16.2 Å². The summed E-state index contributed by atoms with van der Waals surface area (Å²) in [5.41, 5.74) is 4.65. The fraction of sp³-hybridized carbons (Fsp3) is 0.167. The van der Waals surface area contributed by atoms with Crippen molar-refractivity contribution in [3.8, 4) is 0 Å². The topological polar surface area (TPSA) is 130 Å². The predicted molar refractivity (Wildman–Crippen MR) is 95.8 cm³/mol. The van der Waals surface area contributed by atoms with Gasteiger partial charge in [-0.15, -0.1) is 0 Å². The molecule has 0 atom stereocenters. The molecule has 2 aromatic carbocycles. The van der Waals surface area contributed by atoms with Crippen LogP contribution in [0.3, 0.4) is 0 Å². The first-order valence-electron chi connectivity index (χ1n) is 8.21. The molecule has 3 N–H and O–H groups in total. The minimum absolute atomic E-state index is 0.0380. The summed E-state index contributed by atoms with van der Waals surface area (Å²) < 4.78 is 0. The standard InChI is InChI=1S/C18H16N4O5/c23-16(11-5-6-11)19-13-9-7-12(8-10-13)17(24)20-21-18(25)14-3-1-2-4-15(14)22(26)27/h1-4,7-11H,5-6H2,(H,19,23)(H,20,24)(H,21,25). The molecular weight excluding hydrogens is 352 g/mol. The average Bonchev–Trinajstić information content (AvgIpc) is 3.51. The molecule has 0 aromatic heterocycles. The van der Waals surface area contributed by atoms with Crippen LogP contribution in [0.1, 0.15) is 33.6 Å². The summed E-state index contributed by atoms with van der Waals surface area (Å²) in [6.07, 6.45) is 1.79. The quantitative estimate of drug-likeness (QED) is 0.549. The number of carbonyl (C=O) groups excluding carboxylic acids is 3. The van der Waals surface area contributed by atoms with Gasteiger partial charge in [-0.1, -0.05) is 12.1 Å². The number of nitro groups is 1. The smallest absolute Gasteiger partial charge is 0.282 e. The number of rotatable bonds is 5. The molecule has 138 valence electrons. The number of para-hydroxylation sites is 1. The number of carbonyl (C=O) groups is 3. The largest absolute Gasteiger partial charge is 0.326 e. The molecule has 2 aromatic rings. The third kappa shape index (κ3) is 4.46. The number of amides is 3. The summed E-state index contributed by atoms with van der Waals surface area (Å²) in [4.78, 5) is 46.1. The van der Waals surface area contributed by atoms with Crippen molar-refractivity contribution in [2.75, 3.05) is 5.32 Å². The lowest BCUT2D eigenvalue weighted by atomic mass is 10.1. The van der Waals surface area contributed by atoms with Crippen molar-refractivity contribution in [1.29, 1.82) is 0 Å². The molecule has 1 aliphatic rings. The molecule has 9 heteroatoms. The monoisotopic (exact) mass is 368 g/mol. The van der Waals surface area contributed by atoms with Crippen LogP contribution in [0.25, 0.3) is 0 Å². The number of nitrogens with zero attached hydrogens (tertiary/aromatic N) is 1. The van der Waals surface area contributed by atoms with Gasteiger partial charge in [-0.25, -0.2) is 0 Å². The summed E-state index contributed by atoms with van der Waals surface area (Å²) in [6.45, 7) is 0. The van der Waals surface area contributed by atoms with Crippen LogP contribution in [0.15, 0.2) is 48.5 Å². The number of anilines is 1. The average molecular weight is 368 g/mol. The zero-order valence-electron chi connectivity index (χ0n) is 14.1. The van der Waals surface area contributed by atoms with Gasteiger partial charge in [0.15, 0.2) is 0 Å². The van der Waals surface area contributed by atoms with Crippen molar-refractivity contribution >= 4 is 29.1 Å². The Bertz CT molecular complexity index is 906. The third-order valence-electron chi connectivity index (χ3n) is 4.00. The summed E-state index contributed by atoms with van der Waals surface area (Å²) in [6, 6.07) is 11.6. The zero-order chi connectivity index (χ0) is 19.4. The van der Waals surface area contributed by atoms with Gasteiger partial charge in [0, 0.05) is 23.2 Å². The van der Waals surface area contributed by atoms with Crippen LogP contribution >= 0.6 is 0 Å². The fourth-order valence-corrected chi connectivity index (χ4v) is 2.37. The second-order valence-corrected chi connectivity index (χ2v) is 6.02. The van der Waals surface area contributed by atoms with Crippen molar-refractivity contribution in [1.82, 2.24) is 10.9 Å². The molecule has 0 aliphatic heterocycles. The molecule has 0 heterocycles. The van der Waals surface area contributed by atoms with Gasteiger partial charge in [0.2, 0.25) is 5.91 Å². The fourth-order valence-electron chi connectivity index (χ4n) is 2.37. The highest BCUT2D eigenvalue weighted by Gasteiger charge is 2.29. The highest BCUT2D eigenvalue weighted by molar-refractivity contribution is 6.01. The molecule has 1 aliphatic carbocycles. The van der Waals surface area contributed by atoms with Gasteiger partial charge in [-0.2, -0.15) is 0 Å². The molecule has 3 amide bonds. The minimum Gasteiger partial charge on any atom is -0.326 e. The molecule has 3 rings (SSSR count). The lowest BCUT2D eigenvalue weighted by Crippen LogP contribution is -2.41. The highest BCUT2D eigenvalue weighted by atomic mass is 16.6. The van der Waals surface area contributed by atoms with Crippen LogP contribution in [0.5, 0.6) is 0 Å². The zero-order valence-corrected chi connectivity index (χ0v) is 14.1. The first-order valence-corrected chi connectivity index (χ1v) is 8.21. The van der Waals surface area contributed by atoms with E-state index in [9.17, 15) is 24.5 Å². The van der Waals surface area contributed by atoms with E-state index in [1.807, 2.05) is 0 Å². The Hall–Kier alpha value is -3.75. The van der Waals surface area contributed by atoms with E-state index in [4.69, 9.17) is 0 Å². The van der Waals surface area contributed by atoms with E-state index in [0.717, 1.165) is 12.8 Å². The minimum atomic E-state index is -0.802. The first kappa shape index (κ1) is 18.1. The van der Waals surface area contributed by atoms with Gasteiger partial charge in [-0.05, 0) is 43.2 Å². The summed E-state index contributed by atoms with van der Waals surface area (Å²) in [5.74, 6) is -1.36. The Balaban J connectivity index is 1.58. The number of hydrogen-bond donors (Lipinski definition) is 3. The molecule has 0 saturated heterocycles. The lowest BCUT2D eigenvalue weighted by Gasteiger charge is -2.09. The van der Waals surface area contributed by atoms with Crippen LogP contribution in [-0.4, -0.2) is 22.6 Å². The molecule has 1 saturated carbocycles. The van der Waals surface area contributed by atoms with Crippen LogP contribution in [0.4, 0.5) is 11.4 Å². The molecule has 0 bridgehead atoms. The van der Waals surface area contributed by atoms with E-state index < -0.39 is 16.7 Å². The molecule has 0 spiro atoms. The van der Waals surface area contributed by atoms with E-state index in [2.05, 4.69) is 16.2 Å². The Morgan fingerprint density at radius 3 is 2.19 bits per heavy atom. The number of benzene rings is 2. The maximum absolute atomic E-state index is 12.1. The van der Waals surface area contributed by atoms with E-state index in [0.29, 0.717) is 5.69 Å². The highest BCUT2D eigenvalue weighted by Crippen LogP contribution is 2.30. The Labute approximate surface area is 153 Å². The number of hydrogen-bond acceptors (Lipinski definition) is 5. The van der Waals surface area contributed by atoms with E-state index in [-0.39, 0.29) is 28.6 Å². The van der Waals surface area contributed by atoms with E-state index in [1.54, 1.807) is 12.1 Å². The Kier molecular flexibility index (Phi) is 5.11. The molecule has 1 fully saturated rings. The normalized spacial score (nSPS) is 12.7. The first-order chi connectivity index (χ1) is 13.0. The van der Waals surface area contributed by atoms with Gasteiger partial charge in [0.25, 0.3) is 17.5 Å². The van der Waals surface area contributed by atoms with Crippen molar-refractivity contribution in [3.63, 3.8) is 0 Å². The number of nitrogens with one attached hydrogen (secondary N) is 3. The maximum Gasteiger partial charge on any atom is 0.282 e. The van der Waals surface area contributed by atoms with Crippen molar-refractivity contribution in [2.45, 2.75) is 12.8 Å². The van der Waals surface area contributed by atoms with Crippen molar-refractivity contribution < 1.29 is 19.3 Å². The number of hydrazine groups is 1. The van der Waals surface area contributed by atoms with Gasteiger partial charge in [-0.3, -0.25) is 35.3 Å². The maximum atomic E-state index is 12.1. The Morgan fingerprint density at radius 2 is 1.56 bits per heavy atom. The van der Waals surface area contributed by atoms with Crippen LogP contribution in [-0.2, 0) is 4.79 Å². The Morgan fingerprint density at radius 1 is 0.926 bits per heavy atom.